The maximum absolute atomic E-state index is 12.4. The highest BCUT2D eigenvalue weighted by Gasteiger charge is 2.25. The molecule has 0 radical (unpaired) electrons. The molecule has 4 nitrogen and oxygen atoms in total. The number of nitrogens with one attached hydrogen (secondary N) is 1. The third-order valence-corrected chi connectivity index (χ3v) is 4.75. The van der Waals surface area contributed by atoms with Crippen molar-refractivity contribution in [2.45, 2.75) is 36.6 Å². The monoisotopic (exact) mass is 341 g/mol. The predicted octanol–water partition coefficient (Wildman–Crippen LogP) is 3.14. The van der Waals surface area contributed by atoms with Crippen molar-refractivity contribution in [2.75, 3.05) is 14.2 Å². The third kappa shape index (κ3) is 3.45. The molecule has 1 fully saturated rings. The van der Waals surface area contributed by atoms with Crippen LogP contribution in [-0.2, 0) is 0 Å². The van der Waals surface area contributed by atoms with Crippen LogP contribution in [0.5, 0.6) is 11.5 Å². The molecule has 1 aliphatic rings. The molecule has 2 atom stereocenters. The number of amides is 1. The van der Waals surface area contributed by atoms with E-state index in [4.69, 9.17) is 9.47 Å². The molecule has 0 saturated heterocycles. The number of benzene rings is 1. The second-order valence-electron chi connectivity index (χ2n) is 4.95. The van der Waals surface area contributed by atoms with E-state index in [0.29, 0.717) is 21.9 Å². The molecule has 1 aliphatic carbocycles. The summed E-state index contributed by atoms with van der Waals surface area (Å²) < 4.78 is 10.4. The lowest BCUT2D eigenvalue weighted by atomic mass is 9.95. The van der Waals surface area contributed by atoms with Gasteiger partial charge in [0.1, 0.15) is 11.5 Å². The zero-order chi connectivity index (χ0) is 14.5. The third-order valence-electron chi connectivity index (χ3n) is 3.65. The van der Waals surface area contributed by atoms with E-state index in [1.54, 1.807) is 32.4 Å². The van der Waals surface area contributed by atoms with Crippen LogP contribution in [0.4, 0.5) is 0 Å². The highest BCUT2D eigenvalue weighted by molar-refractivity contribution is 9.09. The van der Waals surface area contributed by atoms with E-state index in [1.807, 2.05) is 0 Å². The molecule has 2 unspecified atom stereocenters. The van der Waals surface area contributed by atoms with Crippen LogP contribution in [0.1, 0.15) is 36.0 Å². The largest absolute Gasteiger partial charge is 0.497 e. The molecule has 0 aliphatic heterocycles. The number of rotatable bonds is 4. The van der Waals surface area contributed by atoms with Crippen LogP contribution >= 0.6 is 15.9 Å². The lowest BCUT2D eigenvalue weighted by Gasteiger charge is -2.28. The Morgan fingerprint density at radius 2 is 2.00 bits per heavy atom. The van der Waals surface area contributed by atoms with E-state index in [-0.39, 0.29) is 11.9 Å². The molecule has 1 amide bonds. The number of alkyl halides is 1. The van der Waals surface area contributed by atoms with Gasteiger partial charge in [0, 0.05) is 16.9 Å². The van der Waals surface area contributed by atoms with Crippen molar-refractivity contribution in [2.24, 2.45) is 0 Å². The quantitative estimate of drug-likeness (QED) is 0.856. The minimum absolute atomic E-state index is 0.0964. The summed E-state index contributed by atoms with van der Waals surface area (Å²) in [4.78, 5) is 12.7. The van der Waals surface area contributed by atoms with Gasteiger partial charge >= 0.3 is 0 Å². The number of hydrogen-bond donors (Lipinski definition) is 1. The molecule has 5 heteroatoms. The summed E-state index contributed by atoms with van der Waals surface area (Å²) in [5, 5.41) is 3.09. The van der Waals surface area contributed by atoms with Crippen LogP contribution in [0.3, 0.4) is 0 Å². The number of hydrogen-bond acceptors (Lipinski definition) is 3. The zero-order valence-corrected chi connectivity index (χ0v) is 13.4. The summed E-state index contributed by atoms with van der Waals surface area (Å²) in [6.45, 7) is 0. The van der Waals surface area contributed by atoms with E-state index in [0.717, 1.165) is 19.3 Å². The second kappa shape index (κ2) is 6.97. The molecule has 20 heavy (non-hydrogen) atoms. The van der Waals surface area contributed by atoms with Gasteiger partial charge in [-0.1, -0.05) is 28.8 Å². The van der Waals surface area contributed by atoms with Crippen LogP contribution in [0, 0.1) is 0 Å². The van der Waals surface area contributed by atoms with Crippen molar-refractivity contribution in [3.05, 3.63) is 23.8 Å². The van der Waals surface area contributed by atoms with Crippen LogP contribution in [0.15, 0.2) is 18.2 Å². The summed E-state index contributed by atoms with van der Waals surface area (Å²) in [6.07, 6.45) is 4.49. The highest BCUT2D eigenvalue weighted by Crippen LogP contribution is 2.27. The van der Waals surface area contributed by atoms with Gasteiger partial charge in [0.25, 0.3) is 5.91 Å². The zero-order valence-electron chi connectivity index (χ0n) is 11.8. The fourth-order valence-corrected chi connectivity index (χ4v) is 3.20. The minimum Gasteiger partial charge on any atom is -0.497 e. The first-order valence-corrected chi connectivity index (χ1v) is 7.74. The smallest absolute Gasteiger partial charge is 0.255 e. The lowest BCUT2D eigenvalue weighted by molar-refractivity contribution is 0.0926. The van der Waals surface area contributed by atoms with E-state index in [9.17, 15) is 4.79 Å². The Balaban J connectivity index is 2.12. The average Bonchev–Trinajstić information content (AvgIpc) is 2.48. The summed E-state index contributed by atoms with van der Waals surface area (Å²) in [7, 11) is 3.14. The number of carbonyl (C=O) groups is 1. The molecule has 0 bridgehead atoms. The van der Waals surface area contributed by atoms with Gasteiger partial charge < -0.3 is 14.8 Å². The van der Waals surface area contributed by atoms with E-state index in [1.165, 1.54) is 6.42 Å². The van der Waals surface area contributed by atoms with Gasteiger partial charge in [-0.3, -0.25) is 4.79 Å². The maximum Gasteiger partial charge on any atom is 0.255 e. The van der Waals surface area contributed by atoms with Gasteiger partial charge in [-0.15, -0.1) is 0 Å². The number of methoxy groups -OCH3 is 2. The number of halogens is 1. The van der Waals surface area contributed by atoms with Gasteiger partial charge in [-0.2, -0.15) is 0 Å². The van der Waals surface area contributed by atoms with Gasteiger partial charge in [-0.05, 0) is 25.0 Å². The van der Waals surface area contributed by atoms with Crippen molar-refractivity contribution < 1.29 is 14.3 Å². The normalized spacial score (nSPS) is 22.1. The first-order valence-electron chi connectivity index (χ1n) is 6.82. The Kier molecular flexibility index (Phi) is 5.29. The summed E-state index contributed by atoms with van der Waals surface area (Å²) >= 11 is 3.65. The van der Waals surface area contributed by atoms with Crippen molar-refractivity contribution in [1.82, 2.24) is 5.32 Å². The molecule has 1 aromatic carbocycles. The first-order chi connectivity index (χ1) is 9.65. The first kappa shape index (κ1) is 15.2. The lowest BCUT2D eigenvalue weighted by Crippen LogP contribution is -2.42. The van der Waals surface area contributed by atoms with Crippen LogP contribution < -0.4 is 14.8 Å². The van der Waals surface area contributed by atoms with Crippen LogP contribution in [-0.4, -0.2) is 31.0 Å². The summed E-state index contributed by atoms with van der Waals surface area (Å²) in [6, 6.07) is 5.41. The van der Waals surface area contributed by atoms with Crippen LogP contribution in [0.2, 0.25) is 0 Å². The highest BCUT2D eigenvalue weighted by atomic mass is 79.9. The van der Waals surface area contributed by atoms with E-state index in [2.05, 4.69) is 21.2 Å². The molecular weight excluding hydrogens is 322 g/mol. The van der Waals surface area contributed by atoms with Crippen molar-refractivity contribution in [1.29, 1.82) is 0 Å². The van der Waals surface area contributed by atoms with Crippen molar-refractivity contribution in [3.8, 4) is 11.5 Å². The molecule has 0 spiro atoms. The second-order valence-corrected chi connectivity index (χ2v) is 6.12. The molecule has 1 N–H and O–H groups in total. The summed E-state index contributed by atoms with van der Waals surface area (Å²) in [5.74, 6) is 1.11. The maximum atomic E-state index is 12.4. The Hall–Kier alpha value is -1.23. The molecule has 2 rings (SSSR count). The van der Waals surface area contributed by atoms with Crippen molar-refractivity contribution in [3.63, 3.8) is 0 Å². The molecule has 110 valence electrons. The Bertz CT molecular complexity index is 478. The van der Waals surface area contributed by atoms with Crippen LogP contribution in [0.25, 0.3) is 0 Å². The Morgan fingerprint density at radius 1 is 1.25 bits per heavy atom. The SMILES string of the molecule is COc1ccc(C(=O)NC2CCCCC2Br)c(OC)c1. The van der Waals surface area contributed by atoms with Gasteiger partial charge in [-0.25, -0.2) is 0 Å². The fraction of sp³-hybridized carbons (Fsp3) is 0.533. The minimum atomic E-state index is -0.0964. The predicted molar refractivity (Wildman–Crippen MR) is 82.0 cm³/mol. The topological polar surface area (TPSA) is 47.6 Å². The van der Waals surface area contributed by atoms with E-state index < -0.39 is 0 Å². The molecule has 1 saturated carbocycles. The van der Waals surface area contributed by atoms with Gasteiger partial charge in [0.15, 0.2) is 0 Å². The molecule has 1 aromatic rings. The average molecular weight is 342 g/mol. The standard InChI is InChI=1S/C15H20BrNO3/c1-19-10-7-8-11(14(9-10)20-2)15(18)17-13-6-4-3-5-12(13)16/h7-9,12-13H,3-6H2,1-2H3,(H,17,18). The number of ether oxygens (including phenoxy) is 2. The Morgan fingerprint density at radius 3 is 2.65 bits per heavy atom. The number of carbonyl (C=O) groups excluding carboxylic acids is 1. The molecule has 0 heterocycles. The molecule has 0 aromatic heterocycles. The Labute approximate surface area is 128 Å². The van der Waals surface area contributed by atoms with Gasteiger partial charge in [0.05, 0.1) is 19.8 Å². The fourth-order valence-electron chi connectivity index (χ4n) is 2.48. The summed E-state index contributed by atoms with van der Waals surface area (Å²) in [5.41, 5.74) is 0.540. The molecular formula is C15H20BrNO3. The van der Waals surface area contributed by atoms with Crippen molar-refractivity contribution >= 4 is 21.8 Å². The van der Waals surface area contributed by atoms with E-state index >= 15 is 0 Å². The van der Waals surface area contributed by atoms with Gasteiger partial charge in [0.2, 0.25) is 0 Å².